The van der Waals surface area contributed by atoms with E-state index in [1.54, 1.807) is 36.4 Å². The van der Waals surface area contributed by atoms with E-state index in [0.29, 0.717) is 26.4 Å². The van der Waals surface area contributed by atoms with Crippen LogP contribution in [0.25, 0.3) is 0 Å². The fourth-order valence-corrected chi connectivity index (χ4v) is 4.77. The third-order valence-corrected chi connectivity index (χ3v) is 7.61. The van der Waals surface area contributed by atoms with Gasteiger partial charge in [-0.2, -0.15) is 0 Å². The fraction of sp³-hybridized carbons (Fsp3) is 0.355. The van der Waals surface area contributed by atoms with E-state index in [2.05, 4.69) is 13.8 Å². The van der Waals surface area contributed by atoms with Gasteiger partial charge in [0.15, 0.2) is 11.5 Å². The normalized spacial score (nSPS) is 13.0. The number of aliphatic hydroxyl groups is 2. The number of hydrogen-bond acceptors (Lipinski definition) is 6. The Labute approximate surface area is 260 Å². The molecular formula is C31H37Cl3O6S. The molecule has 0 saturated carbocycles. The Hall–Kier alpha value is -2.42. The standard InChI is InChI=1S/C28H29Cl3O6S.C3H8/c1-18-4-10-24(11-5-18)38(34)37-17-22(33)16-35-23-8-6-19(7-9-23)28(2,3)20-12-25(30)27(26(31)13-20)36-15-21(32)14-29;1-3-2/h4-13,17,21,32-33H,14-16H2,1-3H3;3H2,1-2H3/b22-17-;/t21-,38?;/m1./s1. The Bertz CT molecular complexity index is 1270. The molecule has 0 radical (unpaired) electrons. The van der Waals surface area contributed by atoms with Crippen LogP contribution in [-0.2, 0) is 20.7 Å². The molecule has 0 aliphatic carbocycles. The van der Waals surface area contributed by atoms with Gasteiger partial charge in [0, 0.05) is 5.41 Å². The van der Waals surface area contributed by atoms with Crippen LogP contribution in [0.15, 0.2) is 77.6 Å². The van der Waals surface area contributed by atoms with Crippen molar-refractivity contribution in [2.45, 2.75) is 57.5 Å². The molecule has 10 heteroatoms. The number of benzene rings is 3. The summed E-state index contributed by atoms with van der Waals surface area (Å²) in [6.07, 6.45) is 1.44. The van der Waals surface area contributed by atoms with Gasteiger partial charge in [0.05, 0.1) is 20.8 Å². The highest BCUT2D eigenvalue weighted by molar-refractivity contribution is 7.80. The summed E-state index contributed by atoms with van der Waals surface area (Å²) >= 11 is 16.7. The van der Waals surface area contributed by atoms with E-state index < -0.39 is 22.6 Å². The molecule has 0 aliphatic rings. The molecule has 0 aliphatic heterocycles. The van der Waals surface area contributed by atoms with E-state index in [9.17, 15) is 14.4 Å². The molecule has 2 atom stereocenters. The van der Waals surface area contributed by atoms with Crippen LogP contribution in [-0.4, -0.2) is 39.6 Å². The Morgan fingerprint density at radius 2 is 1.54 bits per heavy atom. The minimum absolute atomic E-state index is 0.0192. The zero-order chi connectivity index (χ0) is 30.6. The summed E-state index contributed by atoms with van der Waals surface area (Å²) in [6.45, 7) is 10.1. The number of aliphatic hydroxyl groups excluding tert-OH is 2. The number of aryl methyl sites for hydroxylation is 1. The lowest BCUT2D eigenvalue weighted by atomic mass is 9.78. The first kappa shape index (κ1) is 34.8. The van der Waals surface area contributed by atoms with Gasteiger partial charge in [-0.25, -0.2) is 4.21 Å². The number of hydrogen-bond donors (Lipinski definition) is 2. The lowest BCUT2D eigenvalue weighted by Crippen LogP contribution is -2.20. The summed E-state index contributed by atoms with van der Waals surface area (Å²) < 4.78 is 28.5. The number of alkyl halides is 1. The zero-order valence-electron chi connectivity index (χ0n) is 23.8. The van der Waals surface area contributed by atoms with Crippen molar-refractivity contribution in [1.82, 2.24) is 0 Å². The number of ether oxygens (including phenoxy) is 2. The van der Waals surface area contributed by atoms with Crippen molar-refractivity contribution in [3.63, 3.8) is 0 Å². The van der Waals surface area contributed by atoms with E-state index >= 15 is 0 Å². The van der Waals surface area contributed by atoms with Crippen LogP contribution in [0.5, 0.6) is 11.5 Å². The number of rotatable bonds is 12. The molecule has 3 aromatic carbocycles. The predicted molar refractivity (Wildman–Crippen MR) is 168 cm³/mol. The molecule has 0 bridgehead atoms. The van der Waals surface area contributed by atoms with Crippen molar-refractivity contribution in [3.05, 3.63) is 99.4 Å². The first-order valence-corrected chi connectivity index (χ1v) is 15.4. The largest absolute Gasteiger partial charge is 0.506 e. The molecule has 0 spiro atoms. The molecule has 0 amide bonds. The molecule has 3 aromatic rings. The molecular weight excluding hydrogens is 607 g/mol. The maximum absolute atomic E-state index is 12.2. The topological polar surface area (TPSA) is 85.2 Å². The maximum Gasteiger partial charge on any atom is 0.240 e. The average molecular weight is 644 g/mol. The molecule has 224 valence electrons. The molecule has 6 nitrogen and oxygen atoms in total. The molecule has 0 fully saturated rings. The smallest absolute Gasteiger partial charge is 0.240 e. The lowest BCUT2D eigenvalue weighted by Gasteiger charge is -2.27. The fourth-order valence-electron chi connectivity index (χ4n) is 3.41. The van der Waals surface area contributed by atoms with Gasteiger partial charge in [-0.15, -0.1) is 11.6 Å². The minimum Gasteiger partial charge on any atom is -0.506 e. The van der Waals surface area contributed by atoms with Crippen LogP contribution < -0.4 is 9.47 Å². The van der Waals surface area contributed by atoms with Crippen LogP contribution >= 0.6 is 34.8 Å². The average Bonchev–Trinajstić information content (AvgIpc) is 2.95. The predicted octanol–water partition coefficient (Wildman–Crippen LogP) is 8.54. The van der Waals surface area contributed by atoms with Crippen molar-refractivity contribution in [2.24, 2.45) is 0 Å². The molecule has 1 unspecified atom stereocenters. The second kappa shape index (κ2) is 16.9. The van der Waals surface area contributed by atoms with E-state index in [0.717, 1.165) is 23.0 Å². The first-order valence-electron chi connectivity index (χ1n) is 13.1. The van der Waals surface area contributed by atoms with Gasteiger partial charge in [0.2, 0.25) is 11.1 Å². The Balaban J connectivity index is 0.00000187. The van der Waals surface area contributed by atoms with Crippen molar-refractivity contribution < 1.29 is 28.1 Å². The van der Waals surface area contributed by atoms with Crippen LogP contribution in [0, 0.1) is 6.92 Å². The van der Waals surface area contributed by atoms with Gasteiger partial charge in [0.25, 0.3) is 0 Å². The number of halogens is 3. The van der Waals surface area contributed by atoms with Gasteiger partial charge in [-0.05, 0) is 54.4 Å². The Kier molecular flexibility index (Phi) is 14.3. The highest BCUT2D eigenvalue weighted by Crippen LogP contribution is 2.40. The van der Waals surface area contributed by atoms with Crippen LogP contribution in [0.3, 0.4) is 0 Å². The van der Waals surface area contributed by atoms with Crippen LogP contribution in [0.4, 0.5) is 0 Å². The van der Waals surface area contributed by atoms with Crippen molar-refractivity contribution >= 4 is 45.9 Å². The van der Waals surface area contributed by atoms with Crippen LogP contribution in [0.1, 0.15) is 50.8 Å². The Morgan fingerprint density at radius 1 is 0.976 bits per heavy atom. The second-order valence-corrected chi connectivity index (χ2v) is 12.0. The summed E-state index contributed by atoms with van der Waals surface area (Å²) in [5.41, 5.74) is 2.42. The molecule has 2 N–H and O–H groups in total. The van der Waals surface area contributed by atoms with Crippen molar-refractivity contribution in [2.75, 3.05) is 19.1 Å². The minimum atomic E-state index is -1.74. The van der Waals surface area contributed by atoms with Crippen LogP contribution in [0.2, 0.25) is 10.0 Å². The summed E-state index contributed by atoms with van der Waals surface area (Å²) in [4.78, 5) is 0.494. The quantitative estimate of drug-likeness (QED) is 0.152. The Morgan fingerprint density at radius 3 is 2.07 bits per heavy atom. The monoisotopic (exact) mass is 642 g/mol. The summed E-state index contributed by atoms with van der Waals surface area (Å²) in [5, 5.41) is 20.4. The lowest BCUT2D eigenvalue weighted by molar-refractivity contribution is 0.125. The summed E-state index contributed by atoms with van der Waals surface area (Å²) in [7, 11) is 0. The van der Waals surface area contributed by atoms with Gasteiger partial charge in [0.1, 0.15) is 31.3 Å². The summed E-state index contributed by atoms with van der Waals surface area (Å²) in [6, 6.07) is 18.0. The second-order valence-electron chi connectivity index (χ2n) is 9.79. The highest BCUT2D eigenvalue weighted by atomic mass is 35.5. The van der Waals surface area contributed by atoms with Crippen molar-refractivity contribution in [3.8, 4) is 11.5 Å². The van der Waals surface area contributed by atoms with Gasteiger partial charge < -0.3 is 23.9 Å². The zero-order valence-corrected chi connectivity index (χ0v) is 26.9. The highest BCUT2D eigenvalue weighted by Gasteiger charge is 2.26. The first-order chi connectivity index (χ1) is 19.4. The maximum atomic E-state index is 12.2. The molecule has 41 heavy (non-hydrogen) atoms. The molecule has 0 heterocycles. The third-order valence-electron chi connectivity index (χ3n) is 5.77. The van der Waals surface area contributed by atoms with E-state index in [1.165, 1.54) is 6.42 Å². The molecule has 0 saturated heterocycles. The van der Waals surface area contributed by atoms with Gasteiger partial charge in [-0.3, -0.25) is 0 Å². The van der Waals surface area contributed by atoms with Crippen molar-refractivity contribution in [1.29, 1.82) is 0 Å². The molecule has 3 rings (SSSR count). The van der Waals surface area contributed by atoms with Gasteiger partial charge >= 0.3 is 0 Å². The van der Waals surface area contributed by atoms with E-state index in [4.69, 9.17) is 48.5 Å². The SMILES string of the molecule is CCC.Cc1ccc(S(=O)O/C=C(\O)COc2ccc(C(C)(C)c3cc(Cl)c(OC[C@H](O)CCl)c(Cl)c3)cc2)cc1. The molecule has 0 aromatic heterocycles. The van der Waals surface area contributed by atoms with E-state index in [-0.39, 0.29) is 24.9 Å². The third kappa shape index (κ3) is 10.7. The summed E-state index contributed by atoms with van der Waals surface area (Å²) in [5.74, 6) is 0.653. The van der Waals surface area contributed by atoms with Gasteiger partial charge in [-0.1, -0.05) is 87.1 Å². The van der Waals surface area contributed by atoms with E-state index in [1.807, 2.05) is 45.0 Å².